The predicted molar refractivity (Wildman–Crippen MR) is 76.1 cm³/mol. The van der Waals surface area contributed by atoms with Crippen molar-refractivity contribution in [3.8, 4) is 5.75 Å². The zero-order valence-corrected chi connectivity index (χ0v) is 12.0. The van der Waals surface area contributed by atoms with E-state index in [0.717, 1.165) is 32.4 Å². The Morgan fingerprint density at radius 1 is 1.30 bits per heavy atom. The van der Waals surface area contributed by atoms with Crippen LogP contribution in [0.1, 0.15) is 32.6 Å². The van der Waals surface area contributed by atoms with Gasteiger partial charge < -0.3 is 9.64 Å². The molecule has 0 saturated carbocycles. The first-order valence-electron chi connectivity index (χ1n) is 7.35. The van der Waals surface area contributed by atoms with Crippen molar-refractivity contribution in [1.29, 1.82) is 0 Å². The average Bonchev–Trinajstić information content (AvgIpc) is 2.49. The first-order valence-corrected chi connectivity index (χ1v) is 7.35. The molecule has 0 spiro atoms. The van der Waals surface area contributed by atoms with Gasteiger partial charge in [0.15, 0.2) is 0 Å². The zero-order valence-electron chi connectivity index (χ0n) is 12.0. The van der Waals surface area contributed by atoms with Crippen molar-refractivity contribution >= 4 is 5.91 Å². The van der Waals surface area contributed by atoms with Crippen LogP contribution in [0.5, 0.6) is 5.75 Å². The Hall–Kier alpha value is -1.58. The molecule has 1 aromatic rings. The Morgan fingerprint density at radius 3 is 2.55 bits per heavy atom. The molecule has 0 atom stereocenters. The first kappa shape index (κ1) is 14.8. The van der Waals surface area contributed by atoms with Crippen LogP contribution in [0, 0.1) is 11.7 Å². The first-order chi connectivity index (χ1) is 9.69. The fourth-order valence-corrected chi connectivity index (χ4v) is 2.57. The van der Waals surface area contributed by atoms with Crippen molar-refractivity contribution in [2.24, 2.45) is 5.92 Å². The lowest BCUT2D eigenvalue weighted by molar-refractivity contribution is -0.132. The number of amides is 1. The van der Waals surface area contributed by atoms with E-state index in [2.05, 4.69) is 0 Å². The summed E-state index contributed by atoms with van der Waals surface area (Å²) < 4.78 is 18.4. The van der Waals surface area contributed by atoms with Crippen LogP contribution in [-0.4, -0.2) is 30.5 Å². The van der Waals surface area contributed by atoms with E-state index in [-0.39, 0.29) is 11.7 Å². The summed E-state index contributed by atoms with van der Waals surface area (Å²) in [7, 11) is 0. The van der Waals surface area contributed by atoms with Crippen LogP contribution in [0.4, 0.5) is 4.39 Å². The number of piperidine rings is 1. The number of rotatable bonds is 5. The van der Waals surface area contributed by atoms with Gasteiger partial charge in [0, 0.05) is 19.5 Å². The highest BCUT2D eigenvalue weighted by molar-refractivity contribution is 5.75. The molecule has 1 fully saturated rings. The fraction of sp³-hybridized carbons (Fsp3) is 0.562. The van der Waals surface area contributed by atoms with E-state index < -0.39 is 0 Å². The quantitative estimate of drug-likeness (QED) is 0.828. The third-order valence-corrected chi connectivity index (χ3v) is 3.88. The molecule has 0 unspecified atom stereocenters. The van der Waals surface area contributed by atoms with Crippen molar-refractivity contribution < 1.29 is 13.9 Å². The number of hydrogen-bond donors (Lipinski definition) is 0. The summed E-state index contributed by atoms with van der Waals surface area (Å²) in [6.45, 7) is 4.30. The molecule has 1 aromatic carbocycles. The maximum Gasteiger partial charge on any atom is 0.222 e. The Bertz CT molecular complexity index is 425. The Labute approximate surface area is 119 Å². The van der Waals surface area contributed by atoms with Crippen molar-refractivity contribution in [2.45, 2.75) is 32.6 Å². The summed E-state index contributed by atoms with van der Waals surface area (Å²) in [6, 6.07) is 6.12. The van der Waals surface area contributed by atoms with Crippen LogP contribution in [-0.2, 0) is 4.79 Å². The second kappa shape index (κ2) is 7.27. The standard InChI is InChI=1S/C16H22FNO2/c1-2-16(19)18-10-7-13(8-11-18)9-12-20-15-5-3-14(17)4-6-15/h3-6,13H,2,7-12H2,1H3. The monoisotopic (exact) mass is 279 g/mol. The summed E-state index contributed by atoms with van der Waals surface area (Å²) in [5.74, 6) is 1.35. The normalized spacial score (nSPS) is 16.2. The molecular weight excluding hydrogens is 257 g/mol. The minimum atomic E-state index is -0.245. The number of likely N-dealkylation sites (tertiary alicyclic amines) is 1. The second-order valence-corrected chi connectivity index (χ2v) is 5.27. The fourth-order valence-electron chi connectivity index (χ4n) is 2.57. The van der Waals surface area contributed by atoms with Gasteiger partial charge in [-0.2, -0.15) is 0 Å². The highest BCUT2D eigenvalue weighted by Crippen LogP contribution is 2.21. The number of benzene rings is 1. The molecule has 1 saturated heterocycles. The molecule has 1 amide bonds. The van der Waals surface area contributed by atoms with Gasteiger partial charge in [0.05, 0.1) is 6.61 Å². The van der Waals surface area contributed by atoms with Crippen LogP contribution in [0.25, 0.3) is 0 Å². The van der Waals surface area contributed by atoms with Gasteiger partial charge in [-0.3, -0.25) is 4.79 Å². The molecule has 0 aliphatic carbocycles. The summed E-state index contributed by atoms with van der Waals surface area (Å²) >= 11 is 0. The minimum absolute atomic E-state index is 0.245. The average molecular weight is 279 g/mol. The van der Waals surface area contributed by atoms with Gasteiger partial charge in [0.2, 0.25) is 5.91 Å². The smallest absolute Gasteiger partial charge is 0.222 e. The SMILES string of the molecule is CCC(=O)N1CCC(CCOc2ccc(F)cc2)CC1. The number of ether oxygens (including phenoxy) is 1. The molecular formula is C16H22FNO2. The minimum Gasteiger partial charge on any atom is -0.494 e. The van der Waals surface area contributed by atoms with Crippen molar-refractivity contribution in [3.63, 3.8) is 0 Å². The summed E-state index contributed by atoms with van der Waals surface area (Å²) in [5, 5.41) is 0. The van der Waals surface area contributed by atoms with E-state index in [1.807, 2.05) is 11.8 Å². The van der Waals surface area contributed by atoms with E-state index in [9.17, 15) is 9.18 Å². The van der Waals surface area contributed by atoms with E-state index in [4.69, 9.17) is 4.74 Å². The molecule has 110 valence electrons. The lowest BCUT2D eigenvalue weighted by atomic mass is 9.94. The topological polar surface area (TPSA) is 29.5 Å². The third-order valence-electron chi connectivity index (χ3n) is 3.88. The molecule has 1 heterocycles. The maximum atomic E-state index is 12.7. The van der Waals surface area contributed by atoms with Crippen molar-refractivity contribution in [3.05, 3.63) is 30.1 Å². The summed E-state index contributed by atoms with van der Waals surface area (Å²) in [6.07, 6.45) is 3.70. The van der Waals surface area contributed by atoms with Crippen molar-refractivity contribution in [1.82, 2.24) is 4.90 Å². The number of halogens is 1. The van der Waals surface area contributed by atoms with E-state index in [1.165, 1.54) is 12.1 Å². The molecule has 1 aliphatic heterocycles. The van der Waals surface area contributed by atoms with Crippen molar-refractivity contribution in [2.75, 3.05) is 19.7 Å². The molecule has 0 N–H and O–H groups in total. The van der Waals surface area contributed by atoms with E-state index in [0.29, 0.717) is 24.7 Å². The van der Waals surface area contributed by atoms with Gasteiger partial charge >= 0.3 is 0 Å². The maximum absolute atomic E-state index is 12.7. The molecule has 3 nitrogen and oxygen atoms in total. The van der Waals surface area contributed by atoms with Gasteiger partial charge in [0.25, 0.3) is 0 Å². The number of hydrogen-bond acceptors (Lipinski definition) is 2. The number of carbonyl (C=O) groups excluding carboxylic acids is 1. The van der Waals surface area contributed by atoms with Gasteiger partial charge in [-0.05, 0) is 49.4 Å². The van der Waals surface area contributed by atoms with Gasteiger partial charge in [-0.1, -0.05) is 6.92 Å². The molecule has 1 aliphatic rings. The molecule has 0 radical (unpaired) electrons. The largest absolute Gasteiger partial charge is 0.494 e. The van der Waals surface area contributed by atoms with Gasteiger partial charge in [-0.15, -0.1) is 0 Å². The predicted octanol–water partition coefficient (Wildman–Crippen LogP) is 3.24. The van der Waals surface area contributed by atoms with Crippen LogP contribution in [0.3, 0.4) is 0 Å². The highest BCUT2D eigenvalue weighted by atomic mass is 19.1. The summed E-state index contributed by atoms with van der Waals surface area (Å²) in [4.78, 5) is 13.5. The summed E-state index contributed by atoms with van der Waals surface area (Å²) in [5.41, 5.74) is 0. The third kappa shape index (κ3) is 4.22. The van der Waals surface area contributed by atoms with Crippen LogP contribution in [0.15, 0.2) is 24.3 Å². The van der Waals surface area contributed by atoms with Crippen LogP contribution >= 0.6 is 0 Å². The molecule has 4 heteroatoms. The molecule has 20 heavy (non-hydrogen) atoms. The Balaban J connectivity index is 1.66. The lowest BCUT2D eigenvalue weighted by Crippen LogP contribution is -2.38. The second-order valence-electron chi connectivity index (χ2n) is 5.27. The molecule has 0 bridgehead atoms. The molecule has 0 aromatic heterocycles. The zero-order chi connectivity index (χ0) is 14.4. The number of nitrogens with zero attached hydrogens (tertiary/aromatic N) is 1. The Morgan fingerprint density at radius 2 is 1.95 bits per heavy atom. The van der Waals surface area contributed by atoms with Crippen LogP contribution < -0.4 is 4.74 Å². The van der Waals surface area contributed by atoms with Gasteiger partial charge in [0.1, 0.15) is 11.6 Å². The highest BCUT2D eigenvalue weighted by Gasteiger charge is 2.21. The molecule has 2 rings (SSSR count). The van der Waals surface area contributed by atoms with Crippen LogP contribution in [0.2, 0.25) is 0 Å². The number of carbonyl (C=O) groups is 1. The van der Waals surface area contributed by atoms with E-state index in [1.54, 1.807) is 12.1 Å². The lowest BCUT2D eigenvalue weighted by Gasteiger charge is -2.31. The van der Waals surface area contributed by atoms with Gasteiger partial charge in [-0.25, -0.2) is 4.39 Å². The van der Waals surface area contributed by atoms with E-state index >= 15 is 0 Å². The Kier molecular flexibility index (Phi) is 5.39.